The van der Waals surface area contributed by atoms with Crippen LogP contribution in [0.15, 0.2) is 36.4 Å². The fourth-order valence-electron chi connectivity index (χ4n) is 4.60. The van der Waals surface area contributed by atoms with Crippen LogP contribution in [0.25, 0.3) is 11.0 Å². The van der Waals surface area contributed by atoms with E-state index in [2.05, 4.69) is 10.6 Å². The van der Waals surface area contributed by atoms with Gasteiger partial charge in [0, 0.05) is 18.7 Å². The van der Waals surface area contributed by atoms with Gasteiger partial charge in [-0.25, -0.2) is 4.98 Å². The van der Waals surface area contributed by atoms with Gasteiger partial charge < -0.3 is 25.0 Å². The molecule has 2 amide bonds. The Morgan fingerprint density at radius 2 is 1.83 bits per heavy atom. The maximum Gasteiger partial charge on any atom is 0.272 e. The molecule has 0 bridgehead atoms. The number of aliphatic hydroxyl groups is 1. The highest BCUT2D eigenvalue weighted by Gasteiger charge is 2.28. The lowest BCUT2D eigenvalue weighted by Gasteiger charge is -2.26. The number of ether oxygens (including phenoxy) is 1. The Morgan fingerprint density at radius 3 is 2.46 bits per heavy atom. The van der Waals surface area contributed by atoms with Crippen LogP contribution in [0.5, 0.6) is 5.75 Å². The van der Waals surface area contributed by atoms with E-state index in [-0.39, 0.29) is 30.1 Å². The molecule has 0 unspecified atom stereocenters. The molecule has 1 saturated carbocycles. The number of hydrogen-bond donors (Lipinski definition) is 3. The fourth-order valence-corrected chi connectivity index (χ4v) is 4.60. The average Bonchev–Trinajstić information content (AvgIpc) is 3.10. The summed E-state index contributed by atoms with van der Waals surface area (Å²) in [4.78, 5) is 31.1. The van der Waals surface area contributed by atoms with E-state index in [4.69, 9.17) is 9.72 Å². The van der Waals surface area contributed by atoms with Crippen LogP contribution >= 0.6 is 0 Å². The minimum absolute atomic E-state index is 0.00990. The summed E-state index contributed by atoms with van der Waals surface area (Å²) < 4.78 is 7.92. The van der Waals surface area contributed by atoms with Gasteiger partial charge in [-0.05, 0) is 64.2 Å². The van der Waals surface area contributed by atoms with Gasteiger partial charge in [-0.3, -0.25) is 9.59 Å². The molecule has 1 aliphatic carbocycles. The first-order valence-corrected chi connectivity index (χ1v) is 12.3. The molecule has 0 radical (unpaired) electrons. The number of aryl methyl sites for hydroxylation is 2. The van der Waals surface area contributed by atoms with E-state index in [0.29, 0.717) is 53.0 Å². The van der Waals surface area contributed by atoms with Crippen LogP contribution in [0.4, 0.5) is 5.69 Å². The smallest absolute Gasteiger partial charge is 0.272 e. The number of aliphatic hydroxyl groups excluding tert-OH is 1. The van der Waals surface area contributed by atoms with Crippen molar-refractivity contribution in [3.63, 3.8) is 0 Å². The van der Waals surface area contributed by atoms with Crippen LogP contribution in [0.3, 0.4) is 0 Å². The molecule has 0 aliphatic heterocycles. The zero-order chi connectivity index (χ0) is 25.1. The molecule has 1 fully saturated rings. The monoisotopic (exact) mass is 478 g/mol. The minimum Gasteiger partial charge on any atom is -0.488 e. The summed E-state index contributed by atoms with van der Waals surface area (Å²) >= 11 is 0. The Hall–Kier alpha value is -3.39. The highest BCUT2D eigenvalue weighted by Crippen LogP contribution is 2.36. The highest BCUT2D eigenvalue weighted by atomic mass is 16.5. The van der Waals surface area contributed by atoms with E-state index in [9.17, 15) is 14.7 Å². The number of nitrogens with one attached hydrogen (secondary N) is 2. The molecule has 8 heteroatoms. The molecule has 1 aliphatic rings. The van der Waals surface area contributed by atoms with Crippen molar-refractivity contribution in [3.8, 4) is 5.75 Å². The van der Waals surface area contributed by atoms with E-state index >= 15 is 0 Å². The summed E-state index contributed by atoms with van der Waals surface area (Å²) in [5.41, 5.74) is 2.91. The van der Waals surface area contributed by atoms with Crippen molar-refractivity contribution in [1.82, 2.24) is 14.9 Å². The number of rotatable bonds is 7. The van der Waals surface area contributed by atoms with Gasteiger partial charge in [-0.15, -0.1) is 0 Å². The predicted molar refractivity (Wildman–Crippen MR) is 136 cm³/mol. The van der Waals surface area contributed by atoms with Crippen molar-refractivity contribution in [2.45, 2.75) is 71.1 Å². The molecule has 186 valence electrons. The van der Waals surface area contributed by atoms with Gasteiger partial charge in [-0.1, -0.05) is 25.1 Å². The van der Waals surface area contributed by atoms with E-state index in [1.807, 2.05) is 52.1 Å². The van der Waals surface area contributed by atoms with Crippen molar-refractivity contribution >= 4 is 28.5 Å². The standard InChI is InChI=1S/C27H34N4O4/c1-5-21-22(30-26(33)17-9-7-6-8-10-17)15-20-24(35-16(2)3)23(31(4)25(20)29-21)27(34)28-18-11-13-19(32)14-12-18/h6-10,15-16,18-19,32H,5,11-14H2,1-4H3,(H,28,34)(H,30,33)/t18-,19+. The number of carbonyl (C=O) groups is 2. The first kappa shape index (κ1) is 24.7. The lowest BCUT2D eigenvalue weighted by molar-refractivity contribution is 0.0855. The molecule has 0 atom stereocenters. The van der Waals surface area contributed by atoms with Crippen molar-refractivity contribution in [2.24, 2.45) is 7.05 Å². The molecule has 2 heterocycles. The van der Waals surface area contributed by atoms with E-state index in [0.717, 1.165) is 18.5 Å². The number of anilines is 1. The van der Waals surface area contributed by atoms with Crippen molar-refractivity contribution in [1.29, 1.82) is 0 Å². The second kappa shape index (κ2) is 10.5. The number of amides is 2. The number of nitrogens with zero attached hydrogens (tertiary/aromatic N) is 2. The summed E-state index contributed by atoms with van der Waals surface area (Å²) in [5, 5.41) is 16.6. The highest BCUT2D eigenvalue weighted by molar-refractivity contribution is 6.07. The minimum atomic E-state index is -0.290. The van der Waals surface area contributed by atoms with Gasteiger partial charge in [0.15, 0.2) is 11.4 Å². The maximum atomic E-state index is 13.4. The normalized spacial score (nSPS) is 18.0. The van der Waals surface area contributed by atoms with Gasteiger partial charge in [-0.2, -0.15) is 0 Å². The zero-order valence-corrected chi connectivity index (χ0v) is 20.8. The van der Waals surface area contributed by atoms with E-state index < -0.39 is 0 Å². The van der Waals surface area contributed by atoms with Crippen molar-refractivity contribution < 1.29 is 19.4 Å². The average molecular weight is 479 g/mol. The largest absolute Gasteiger partial charge is 0.488 e. The SMILES string of the molecule is CCc1nc2c(cc1NC(=O)c1ccccc1)c(OC(C)C)c(C(=O)N[C@H]1CC[C@@H](O)CC1)n2C. The Labute approximate surface area is 205 Å². The number of carbonyl (C=O) groups excluding carboxylic acids is 2. The third kappa shape index (κ3) is 5.32. The lowest BCUT2D eigenvalue weighted by atomic mass is 9.93. The molecular weight excluding hydrogens is 444 g/mol. The van der Waals surface area contributed by atoms with Crippen molar-refractivity contribution in [3.05, 3.63) is 53.3 Å². The summed E-state index contributed by atoms with van der Waals surface area (Å²) in [6.07, 6.45) is 3.00. The van der Waals surface area contributed by atoms with Gasteiger partial charge >= 0.3 is 0 Å². The van der Waals surface area contributed by atoms with Crippen LogP contribution in [0.1, 0.15) is 73.0 Å². The van der Waals surface area contributed by atoms with Crippen LogP contribution in [-0.2, 0) is 13.5 Å². The van der Waals surface area contributed by atoms with E-state index in [1.54, 1.807) is 16.7 Å². The number of aromatic nitrogens is 2. The van der Waals surface area contributed by atoms with Gasteiger partial charge in [0.2, 0.25) is 0 Å². The zero-order valence-electron chi connectivity index (χ0n) is 20.8. The number of benzene rings is 1. The molecular formula is C27H34N4O4. The summed E-state index contributed by atoms with van der Waals surface area (Å²) in [6, 6.07) is 10.9. The second-order valence-electron chi connectivity index (χ2n) is 9.41. The molecule has 2 aromatic heterocycles. The van der Waals surface area contributed by atoms with Gasteiger partial charge in [0.05, 0.1) is 29.0 Å². The maximum absolute atomic E-state index is 13.4. The Balaban J connectivity index is 1.74. The molecule has 35 heavy (non-hydrogen) atoms. The van der Waals surface area contributed by atoms with Crippen LogP contribution in [0, 0.1) is 0 Å². The van der Waals surface area contributed by atoms with E-state index in [1.165, 1.54) is 0 Å². The topological polar surface area (TPSA) is 105 Å². The molecule has 3 aromatic rings. The second-order valence-corrected chi connectivity index (χ2v) is 9.41. The third-order valence-corrected chi connectivity index (χ3v) is 6.41. The van der Waals surface area contributed by atoms with Crippen LogP contribution in [-0.4, -0.2) is 44.7 Å². The van der Waals surface area contributed by atoms with Crippen LogP contribution < -0.4 is 15.4 Å². The fraction of sp³-hybridized carbons (Fsp3) is 0.444. The first-order valence-electron chi connectivity index (χ1n) is 12.3. The third-order valence-electron chi connectivity index (χ3n) is 6.41. The Morgan fingerprint density at radius 1 is 1.14 bits per heavy atom. The molecule has 0 spiro atoms. The number of pyridine rings is 1. The quantitative estimate of drug-likeness (QED) is 0.472. The number of hydrogen-bond acceptors (Lipinski definition) is 5. The lowest BCUT2D eigenvalue weighted by Crippen LogP contribution is -2.39. The Bertz CT molecular complexity index is 1210. The van der Waals surface area contributed by atoms with Crippen LogP contribution in [0.2, 0.25) is 0 Å². The molecule has 0 saturated heterocycles. The van der Waals surface area contributed by atoms with Crippen molar-refractivity contribution in [2.75, 3.05) is 5.32 Å². The molecule has 4 rings (SSSR count). The van der Waals surface area contributed by atoms with Gasteiger partial charge in [0.25, 0.3) is 11.8 Å². The summed E-state index contributed by atoms with van der Waals surface area (Å²) in [6.45, 7) is 5.80. The molecule has 1 aromatic carbocycles. The first-order chi connectivity index (χ1) is 16.8. The summed E-state index contributed by atoms with van der Waals surface area (Å²) in [5.74, 6) is 0.00725. The Kier molecular flexibility index (Phi) is 7.40. The molecule has 3 N–H and O–H groups in total. The van der Waals surface area contributed by atoms with Gasteiger partial charge in [0.1, 0.15) is 5.65 Å². The predicted octanol–water partition coefficient (Wildman–Crippen LogP) is 4.21. The number of fused-ring (bicyclic) bond motifs is 1. The molecule has 8 nitrogen and oxygen atoms in total. The summed E-state index contributed by atoms with van der Waals surface area (Å²) in [7, 11) is 1.81.